The first-order valence-electron chi connectivity index (χ1n) is 8.04. The van der Waals surface area contributed by atoms with Gasteiger partial charge in [-0.2, -0.15) is 0 Å². The number of amides is 1. The van der Waals surface area contributed by atoms with Crippen molar-refractivity contribution in [3.05, 3.63) is 65.8 Å². The van der Waals surface area contributed by atoms with Crippen molar-refractivity contribution in [2.24, 2.45) is 0 Å². The molecule has 0 spiro atoms. The molecular weight excluding hydrogens is 395 g/mol. The van der Waals surface area contributed by atoms with Crippen LogP contribution in [0.15, 0.2) is 52.1 Å². The zero-order valence-corrected chi connectivity index (χ0v) is 15.3. The maximum Gasteiger partial charge on any atom is 0.277 e. The van der Waals surface area contributed by atoms with Crippen LogP contribution in [0.4, 0.5) is 18.9 Å². The quantitative estimate of drug-likeness (QED) is 0.585. The molecule has 0 saturated heterocycles. The highest BCUT2D eigenvalue weighted by atomic mass is 32.2. The van der Waals surface area contributed by atoms with E-state index in [4.69, 9.17) is 9.15 Å². The molecule has 0 aliphatic carbocycles. The van der Waals surface area contributed by atoms with Crippen LogP contribution in [0.2, 0.25) is 0 Å². The van der Waals surface area contributed by atoms with Gasteiger partial charge in [0.15, 0.2) is 6.10 Å². The van der Waals surface area contributed by atoms with E-state index in [1.54, 1.807) is 6.92 Å². The zero-order valence-electron chi connectivity index (χ0n) is 14.5. The molecular formula is C18H14F3N3O3S. The average molecular weight is 409 g/mol. The maximum absolute atomic E-state index is 13.5. The number of anilines is 1. The summed E-state index contributed by atoms with van der Waals surface area (Å²) < 4.78 is 50.3. The Morgan fingerprint density at radius 1 is 1.14 bits per heavy atom. The highest BCUT2D eigenvalue weighted by Gasteiger charge is 2.17. The number of hydrogen-bond acceptors (Lipinski definition) is 6. The second-order valence-electron chi connectivity index (χ2n) is 5.58. The van der Waals surface area contributed by atoms with Crippen LogP contribution in [0.25, 0.3) is 0 Å². The van der Waals surface area contributed by atoms with Gasteiger partial charge in [-0.3, -0.25) is 4.79 Å². The molecule has 1 heterocycles. The minimum Gasteiger partial charge on any atom is -0.481 e. The predicted octanol–water partition coefficient (Wildman–Crippen LogP) is 4.36. The zero-order chi connectivity index (χ0) is 20.1. The van der Waals surface area contributed by atoms with Crippen LogP contribution in [0.5, 0.6) is 5.75 Å². The molecule has 6 nitrogen and oxygen atoms in total. The highest BCUT2D eigenvalue weighted by Crippen LogP contribution is 2.24. The van der Waals surface area contributed by atoms with Crippen LogP contribution in [0.3, 0.4) is 0 Å². The van der Waals surface area contributed by atoms with Gasteiger partial charge in [0.05, 0.1) is 11.4 Å². The van der Waals surface area contributed by atoms with E-state index in [0.717, 1.165) is 23.9 Å². The lowest BCUT2D eigenvalue weighted by Crippen LogP contribution is -2.15. The second kappa shape index (κ2) is 8.79. The molecule has 10 heteroatoms. The Balaban J connectivity index is 1.52. The largest absolute Gasteiger partial charge is 0.481 e. The SMILES string of the molecule is C[C@@H](Oc1ccc(F)cc1)c1nnc(SCC(=O)Nc2ccc(F)cc2F)o1. The normalized spacial score (nSPS) is 11.9. The van der Waals surface area contributed by atoms with Gasteiger partial charge in [-0.25, -0.2) is 13.2 Å². The van der Waals surface area contributed by atoms with Crippen LogP contribution in [0.1, 0.15) is 18.9 Å². The maximum atomic E-state index is 13.5. The van der Waals surface area contributed by atoms with Gasteiger partial charge in [0.2, 0.25) is 5.91 Å². The summed E-state index contributed by atoms with van der Waals surface area (Å²) in [7, 11) is 0. The van der Waals surface area contributed by atoms with Crippen molar-refractivity contribution in [3.63, 3.8) is 0 Å². The summed E-state index contributed by atoms with van der Waals surface area (Å²) in [6.07, 6.45) is -0.588. The van der Waals surface area contributed by atoms with Gasteiger partial charge >= 0.3 is 0 Å². The Bertz CT molecular complexity index is 966. The second-order valence-corrected chi connectivity index (χ2v) is 6.51. The lowest BCUT2D eigenvalue weighted by Gasteiger charge is -2.10. The number of hydrogen-bond donors (Lipinski definition) is 1. The van der Waals surface area contributed by atoms with Crippen LogP contribution in [-0.4, -0.2) is 21.9 Å². The number of carbonyl (C=O) groups excluding carboxylic acids is 1. The molecule has 1 atom stereocenters. The first kappa shape index (κ1) is 19.7. The minimum atomic E-state index is -0.870. The summed E-state index contributed by atoms with van der Waals surface area (Å²) in [5, 5.41) is 10.1. The lowest BCUT2D eigenvalue weighted by molar-refractivity contribution is -0.113. The molecule has 0 unspecified atom stereocenters. The van der Waals surface area contributed by atoms with E-state index in [1.165, 1.54) is 24.3 Å². The standard InChI is InChI=1S/C18H14F3N3O3S/c1-10(26-13-5-2-11(19)3-6-13)17-23-24-18(27-17)28-9-16(25)22-15-7-4-12(20)8-14(15)21/h2-8,10H,9H2,1H3,(H,22,25)/t10-/m1/s1. The fraction of sp³-hybridized carbons (Fsp3) is 0.167. The van der Waals surface area contributed by atoms with E-state index < -0.39 is 23.6 Å². The number of carbonyl (C=O) groups is 1. The Morgan fingerprint density at radius 3 is 2.57 bits per heavy atom. The highest BCUT2D eigenvalue weighted by molar-refractivity contribution is 7.99. The fourth-order valence-electron chi connectivity index (χ4n) is 2.12. The number of thioether (sulfide) groups is 1. The summed E-state index contributed by atoms with van der Waals surface area (Å²) in [5.74, 6) is -2.02. The van der Waals surface area contributed by atoms with Gasteiger partial charge in [0.1, 0.15) is 23.2 Å². The van der Waals surface area contributed by atoms with E-state index in [9.17, 15) is 18.0 Å². The minimum absolute atomic E-state index is 0.119. The lowest BCUT2D eigenvalue weighted by atomic mass is 10.3. The van der Waals surface area contributed by atoms with Gasteiger partial charge in [0.25, 0.3) is 11.1 Å². The molecule has 0 aliphatic heterocycles. The van der Waals surface area contributed by atoms with Crippen molar-refractivity contribution in [2.45, 2.75) is 18.3 Å². The van der Waals surface area contributed by atoms with Crippen molar-refractivity contribution in [3.8, 4) is 5.75 Å². The molecule has 0 aliphatic rings. The van der Waals surface area contributed by atoms with Crippen LogP contribution in [-0.2, 0) is 4.79 Å². The third-order valence-electron chi connectivity index (χ3n) is 3.43. The molecule has 3 aromatic rings. The number of aromatic nitrogens is 2. The smallest absolute Gasteiger partial charge is 0.277 e. The van der Waals surface area contributed by atoms with Crippen LogP contribution in [0, 0.1) is 17.5 Å². The Hall–Kier alpha value is -3.01. The Morgan fingerprint density at radius 2 is 1.86 bits per heavy atom. The van der Waals surface area contributed by atoms with Crippen LogP contribution >= 0.6 is 11.8 Å². The molecule has 1 N–H and O–H groups in total. The van der Waals surface area contributed by atoms with Crippen molar-refractivity contribution in [1.29, 1.82) is 0 Å². The van der Waals surface area contributed by atoms with E-state index in [1.807, 2.05) is 0 Å². The molecule has 0 fully saturated rings. The molecule has 28 heavy (non-hydrogen) atoms. The Kier molecular flexibility index (Phi) is 6.19. The first-order chi connectivity index (χ1) is 13.4. The molecule has 2 aromatic carbocycles. The van der Waals surface area contributed by atoms with Gasteiger partial charge in [-0.05, 0) is 43.3 Å². The van der Waals surface area contributed by atoms with Gasteiger partial charge in [-0.1, -0.05) is 11.8 Å². The van der Waals surface area contributed by atoms with E-state index in [-0.39, 0.29) is 28.4 Å². The molecule has 1 aromatic heterocycles. The predicted molar refractivity (Wildman–Crippen MR) is 95.5 cm³/mol. The topological polar surface area (TPSA) is 77.2 Å². The number of nitrogens with zero attached hydrogens (tertiary/aromatic N) is 2. The summed E-state index contributed by atoms with van der Waals surface area (Å²) in [4.78, 5) is 11.9. The Labute approximate surface area is 162 Å². The summed E-state index contributed by atoms with van der Waals surface area (Å²) in [6, 6.07) is 8.31. The first-order valence-corrected chi connectivity index (χ1v) is 9.02. The van der Waals surface area contributed by atoms with Crippen molar-refractivity contribution in [1.82, 2.24) is 10.2 Å². The number of benzene rings is 2. The number of ether oxygens (including phenoxy) is 1. The third-order valence-corrected chi connectivity index (χ3v) is 4.25. The number of rotatable bonds is 7. The summed E-state index contributed by atoms with van der Waals surface area (Å²) in [6.45, 7) is 1.68. The molecule has 0 bridgehead atoms. The monoisotopic (exact) mass is 409 g/mol. The van der Waals surface area contributed by atoms with Crippen molar-refractivity contribution >= 4 is 23.4 Å². The molecule has 0 saturated carbocycles. The van der Waals surface area contributed by atoms with E-state index in [0.29, 0.717) is 11.8 Å². The fourth-order valence-corrected chi connectivity index (χ4v) is 2.68. The summed E-state index contributed by atoms with van der Waals surface area (Å²) in [5.41, 5.74) is -0.125. The third kappa shape index (κ3) is 5.26. The number of nitrogens with one attached hydrogen (secondary N) is 1. The number of halogens is 3. The van der Waals surface area contributed by atoms with E-state index >= 15 is 0 Å². The molecule has 146 valence electrons. The van der Waals surface area contributed by atoms with Gasteiger partial charge in [0, 0.05) is 6.07 Å². The molecule has 1 amide bonds. The van der Waals surface area contributed by atoms with Crippen molar-refractivity contribution < 1.29 is 27.1 Å². The van der Waals surface area contributed by atoms with Crippen molar-refractivity contribution in [2.75, 3.05) is 11.1 Å². The molecule has 0 radical (unpaired) electrons. The average Bonchev–Trinajstić information content (AvgIpc) is 3.13. The van der Waals surface area contributed by atoms with Gasteiger partial charge in [-0.15, -0.1) is 10.2 Å². The summed E-state index contributed by atoms with van der Waals surface area (Å²) >= 11 is 0.949. The van der Waals surface area contributed by atoms with E-state index in [2.05, 4.69) is 15.5 Å². The molecule has 3 rings (SSSR count). The van der Waals surface area contributed by atoms with Crippen LogP contribution < -0.4 is 10.1 Å². The van der Waals surface area contributed by atoms with Gasteiger partial charge < -0.3 is 14.5 Å².